The number of aryl methyl sites for hydroxylation is 1. The molecule has 1 aromatic heterocycles. The van der Waals surface area contributed by atoms with Crippen LogP contribution in [0.5, 0.6) is 5.75 Å². The number of hydrogen-bond acceptors (Lipinski definition) is 2. The van der Waals surface area contributed by atoms with Crippen LogP contribution < -0.4 is 4.74 Å². The Morgan fingerprint density at radius 2 is 1.78 bits per heavy atom. The summed E-state index contributed by atoms with van der Waals surface area (Å²) in [5, 5.41) is 0. The first-order valence-electron chi connectivity index (χ1n) is 8.02. The minimum absolute atomic E-state index is 0.179. The smallest absolute Gasteiger partial charge is 0.123 e. The molecule has 0 aliphatic rings. The number of hydrogen-bond donors (Lipinski definition) is 0. The molecule has 1 heterocycles. The van der Waals surface area contributed by atoms with Crippen LogP contribution in [0.1, 0.15) is 11.1 Å². The second-order valence-electron chi connectivity index (χ2n) is 5.72. The fourth-order valence-corrected chi connectivity index (χ4v) is 3.61. The molecule has 0 aliphatic carbocycles. The molecule has 0 amide bonds. The van der Waals surface area contributed by atoms with E-state index in [1.807, 2.05) is 20.5 Å². The molecule has 0 bridgehead atoms. The van der Waals surface area contributed by atoms with Crippen LogP contribution in [0.25, 0.3) is 0 Å². The second kappa shape index (κ2) is 11.5. The zero-order chi connectivity index (χ0) is 19.8. The van der Waals surface area contributed by atoms with Crippen molar-refractivity contribution in [3.8, 4) is 5.75 Å². The Hall–Kier alpha value is -0.512. The first-order valence-corrected chi connectivity index (χ1v) is 11.1. The van der Waals surface area contributed by atoms with Crippen molar-refractivity contribution in [1.82, 2.24) is 10.5 Å². The van der Waals surface area contributed by atoms with Gasteiger partial charge in [0.1, 0.15) is 5.82 Å². The number of halogens is 3. The van der Waals surface area contributed by atoms with E-state index < -0.39 is 0 Å². The van der Waals surface area contributed by atoms with Crippen LogP contribution >= 0.6 is 45.7 Å². The summed E-state index contributed by atoms with van der Waals surface area (Å²) < 4.78 is 25.1. The van der Waals surface area contributed by atoms with Gasteiger partial charge in [-0.2, -0.15) is 1.33 Å². The number of aromatic nitrogens is 2. The van der Waals surface area contributed by atoms with Crippen molar-refractivity contribution in [3.63, 3.8) is 0 Å². The molecule has 0 radical (unpaired) electrons. The fourth-order valence-electron chi connectivity index (χ4n) is 2.31. The van der Waals surface area contributed by atoms with Crippen LogP contribution in [0.2, 0.25) is 0 Å². The Morgan fingerprint density at radius 1 is 1.07 bits per heavy atom. The maximum atomic E-state index is 12.4. The van der Waals surface area contributed by atoms with E-state index in [1.165, 1.54) is 21.5 Å². The van der Waals surface area contributed by atoms with Gasteiger partial charge in [0.05, 0.1) is 0 Å². The summed E-state index contributed by atoms with van der Waals surface area (Å²) in [5.41, 5.74) is 2.36. The zero-order valence-electron chi connectivity index (χ0n) is 14.9. The molecular formula is C19H20FI2N3OPt. The largest absolute Gasteiger partial charge is 0.207 e. The van der Waals surface area contributed by atoms with Gasteiger partial charge in [0.2, 0.25) is 0 Å². The Bertz CT molecular complexity index is 910. The van der Waals surface area contributed by atoms with Crippen molar-refractivity contribution < 1.29 is 28.5 Å². The van der Waals surface area contributed by atoms with Crippen LogP contribution in [0.3, 0.4) is 0 Å². The van der Waals surface area contributed by atoms with E-state index in [9.17, 15) is 4.39 Å². The fraction of sp³-hybridized carbons (Fsp3) is 0.211. The van der Waals surface area contributed by atoms with Gasteiger partial charge in [-0.15, -0.1) is 0 Å². The Labute approximate surface area is 197 Å². The van der Waals surface area contributed by atoms with Crippen molar-refractivity contribution in [2.45, 2.75) is 13.1 Å². The van der Waals surface area contributed by atoms with E-state index in [1.54, 1.807) is 19.2 Å². The third-order valence-corrected chi connectivity index (χ3v) is 5.80. The van der Waals surface area contributed by atoms with Crippen LogP contribution in [0, 0.1) is 9.62 Å². The number of rotatable bonds is 5. The van der Waals surface area contributed by atoms with E-state index in [4.69, 9.17) is 4.74 Å². The molecule has 0 atom stereocenters. The summed E-state index contributed by atoms with van der Waals surface area (Å²) in [4.78, 5) is 0. The minimum Gasteiger partial charge on any atom is -0.207 e. The molecule has 3 aromatic rings. The van der Waals surface area contributed by atoms with Gasteiger partial charge in [-0.05, 0) is 17.7 Å². The van der Waals surface area contributed by atoms with Gasteiger partial charge in [-0.3, -0.25) is 0 Å². The first-order chi connectivity index (χ1) is 12.9. The van der Waals surface area contributed by atoms with Crippen molar-refractivity contribution >= 4 is 45.7 Å². The van der Waals surface area contributed by atoms with Crippen LogP contribution in [-0.4, -0.2) is 17.6 Å². The number of benzene rings is 2. The van der Waals surface area contributed by atoms with Gasteiger partial charge in [0.25, 0.3) is 0 Å². The molecule has 2 aromatic carbocycles. The summed E-state index contributed by atoms with van der Waals surface area (Å²) in [6.45, 7) is 1.71. The quantitative estimate of drug-likeness (QED) is 0.260. The van der Waals surface area contributed by atoms with E-state index in [0.29, 0.717) is 0 Å². The van der Waals surface area contributed by atoms with Gasteiger partial charge < -0.3 is 0 Å². The molecule has 0 fully saturated rings. The van der Waals surface area contributed by atoms with Gasteiger partial charge in [-0.1, -0.05) is 12.1 Å². The van der Waals surface area contributed by atoms with Gasteiger partial charge in [0.15, 0.2) is 0 Å². The third-order valence-electron chi connectivity index (χ3n) is 3.66. The van der Waals surface area contributed by atoms with Crippen LogP contribution in [-0.2, 0) is 39.5 Å². The average Bonchev–Trinajstić information content (AvgIpc) is 2.96. The molecule has 0 spiro atoms. The van der Waals surface area contributed by atoms with Crippen molar-refractivity contribution in [3.05, 3.63) is 81.7 Å². The van der Waals surface area contributed by atoms with Crippen molar-refractivity contribution in [1.29, 1.82) is 0 Å². The summed E-state index contributed by atoms with van der Waals surface area (Å²) in [7, 11) is 3.74. The van der Waals surface area contributed by atoms with Crippen LogP contribution in [0.4, 0.5) is 4.39 Å². The third kappa shape index (κ3) is 7.79. The topological polar surface area (TPSA) is 22.3 Å². The van der Waals surface area contributed by atoms with Gasteiger partial charge in [0, 0.05) is 52.3 Å². The number of imidazole rings is 1. The zero-order valence-corrected chi connectivity index (χ0v) is 21.5. The van der Waals surface area contributed by atoms with Gasteiger partial charge in [-0.25, -0.2) is 4.39 Å². The predicted octanol–water partition coefficient (Wildman–Crippen LogP) is 5.29. The number of methoxy groups -OCH3 is 1. The van der Waals surface area contributed by atoms with E-state index >= 15 is 0 Å². The Morgan fingerprint density at radius 3 is 2.33 bits per heavy atom. The van der Waals surface area contributed by atoms with Crippen molar-refractivity contribution in [2.75, 3.05) is 7.11 Å². The number of ether oxygens (including phenoxy) is 1. The number of nitrogens with zero attached hydrogens (tertiary/aromatic N) is 3. The second-order valence-corrected chi connectivity index (χ2v) is 10.9. The maximum Gasteiger partial charge on any atom is 0.123 e. The first kappa shape index (κ1) is 22.8. The molecule has 4 nitrogen and oxygen atoms in total. The van der Waals surface area contributed by atoms with E-state index in [2.05, 4.69) is 98.7 Å². The summed E-state index contributed by atoms with van der Waals surface area (Å²) >= 11 is 6.68. The summed E-state index contributed by atoms with van der Waals surface area (Å²) in [5.74, 6) is 0.728. The van der Waals surface area contributed by atoms with Gasteiger partial charge >= 0.3 is 106 Å². The maximum absolute atomic E-state index is 12.4. The summed E-state index contributed by atoms with van der Waals surface area (Å²) in [6.07, 6.45) is 4.14. The molecule has 0 saturated carbocycles. The minimum atomic E-state index is -0.179. The Kier molecular flexibility index (Phi) is 9.68. The monoisotopic (exact) mass is 774 g/mol. The molecule has 0 unspecified atom stereocenters. The van der Waals surface area contributed by atoms with Crippen LogP contribution in [0.15, 0.2) is 60.9 Å². The molecule has 148 valence electrons. The van der Waals surface area contributed by atoms with Crippen molar-refractivity contribution in [2.24, 2.45) is 7.05 Å². The molecule has 3 rings (SSSR count). The standard InChI is InChI=1S/C12H14N2O.C7H6FI2N.Pt/c1-13-6-7-14(10-13)9-11-4-3-5-12(8-11)15-2;8-7-3-1-6(2-4-7)5-11(9)10;/h3-8H,9H2,1-2H3;1-4H,5H2;. The molecule has 0 saturated heterocycles. The predicted molar refractivity (Wildman–Crippen MR) is 119 cm³/mol. The molecule has 8 heteroatoms. The molecule has 0 N–H and O–H groups in total. The molecular weight excluding hydrogens is 754 g/mol. The van der Waals surface area contributed by atoms with E-state index in [0.717, 1.165) is 24.4 Å². The molecule has 27 heavy (non-hydrogen) atoms. The Balaban J connectivity index is 0.000000208. The SMILES string of the molecule is COc1cccc(Cn2ccn(C)[c]2=[Pt])c1.Fc1ccc(CN(I)I)cc1. The molecule has 0 aliphatic heterocycles. The average molecular weight is 774 g/mol. The normalized spacial score (nSPS) is 10.5. The van der Waals surface area contributed by atoms with E-state index in [-0.39, 0.29) is 5.82 Å². The summed E-state index contributed by atoms with van der Waals surface area (Å²) in [6, 6.07) is 14.7.